The molecule has 0 unspecified atom stereocenters. The van der Waals surface area contributed by atoms with E-state index in [1.54, 1.807) is 0 Å². The molecule has 0 saturated heterocycles. The first kappa shape index (κ1) is 5.06. The zero-order chi connectivity index (χ0) is 19.5. The Morgan fingerprint density at radius 1 is 1.44 bits per heavy atom. The summed E-state index contributed by atoms with van der Waals surface area (Å²) in [6, 6.07) is -1.52. The van der Waals surface area contributed by atoms with Gasteiger partial charge in [0.15, 0.2) is 7.23 Å². The second-order valence-corrected chi connectivity index (χ2v) is 3.60. The van der Waals surface area contributed by atoms with E-state index in [-0.39, 0.29) is 28.6 Å². The van der Waals surface area contributed by atoms with Gasteiger partial charge in [0.1, 0.15) is 5.82 Å². The van der Waals surface area contributed by atoms with Crippen molar-refractivity contribution >= 4 is 23.2 Å². The standard InChI is InChI=1S/C13H12N4O/c1-8-5-7-15-12-10(8)16-13(18)9-4-3-6-14-11(9)17(12)2/h3-7H,1-2H3,(H,16,18)/i1D3,3D,4D,5D,7D/hD. The lowest BCUT2D eigenvalue weighted by molar-refractivity contribution is 0.102. The molecule has 0 spiro atoms. The molecule has 1 N–H and O–H groups in total. The van der Waals surface area contributed by atoms with Gasteiger partial charge in [-0.2, -0.15) is 0 Å². The molecule has 1 aliphatic heterocycles. The van der Waals surface area contributed by atoms with E-state index in [0.29, 0.717) is 0 Å². The number of aromatic nitrogens is 2. The fraction of sp³-hybridized carbons (Fsp3) is 0.154. The second kappa shape index (κ2) is 3.80. The third-order valence-electron chi connectivity index (χ3n) is 2.53. The molecule has 0 aliphatic carbocycles. The van der Waals surface area contributed by atoms with Crippen molar-refractivity contribution in [2.24, 2.45) is 0 Å². The Balaban J connectivity index is 2.45. The van der Waals surface area contributed by atoms with Gasteiger partial charge in [0.25, 0.3) is 5.91 Å². The quantitative estimate of drug-likeness (QED) is 0.776. The minimum absolute atomic E-state index is 0.0897. The molecule has 1 aliphatic rings. The Kier molecular flexibility index (Phi) is 1.07. The maximum Gasteiger partial charge on any atom is 0.259 e. The van der Waals surface area contributed by atoms with Crippen molar-refractivity contribution in [3.8, 4) is 0 Å². The fourth-order valence-corrected chi connectivity index (χ4v) is 1.68. The van der Waals surface area contributed by atoms with Crippen LogP contribution in [0.4, 0.5) is 17.3 Å². The van der Waals surface area contributed by atoms with Gasteiger partial charge in [-0.15, -0.1) is 0 Å². The molecule has 0 saturated carbocycles. The van der Waals surface area contributed by atoms with Crippen LogP contribution in [0.15, 0.2) is 30.5 Å². The van der Waals surface area contributed by atoms with Crippen LogP contribution < -0.4 is 10.2 Å². The maximum atomic E-state index is 12.7. The van der Waals surface area contributed by atoms with Gasteiger partial charge in [-0.05, 0) is 30.5 Å². The number of carbonyl (C=O) groups is 1. The normalized spacial score (nSPS) is 21.1. The first-order chi connectivity index (χ1) is 12.0. The Hall–Kier alpha value is -2.43. The van der Waals surface area contributed by atoms with E-state index in [1.807, 2.05) is 0 Å². The molecule has 0 radical (unpaired) electrons. The monoisotopic (exact) mass is 248 g/mol. The number of anilines is 3. The molecule has 2 aromatic rings. The van der Waals surface area contributed by atoms with Gasteiger partial charge in [-0.1, -0.05) is 0 Å². The van der Waals surface area contributed by atoms with Crippen LogP contribution in [0, 0.1) is 6.85 Å². The van der Waals surface area contributed by atoms with Crippen LogP contribution in [0.5, 0.6) is 0 Å². The number of fused-ring (bicyclic) bond motifs is 2. The summed E-state index contributed by atoms with van der Waals surface area (Å²) in [6.45, 7) is -2.88. The van der Waals surface area contributed by atoms with Crippen LogP contribution in [0.1, 0.15) is 25.5 Å². The largest absolute Gasteiger partial charge is 0.318 e. The molecule has 0 fully saturated rings. The summed E-state index contributed by atoms with van der Waals surface area (Å²) in [7, 11) is 1.39. The van der Waals surface area contributed by atoms with E-state index >= 15 is 0 Å². The Morgan fingerprint density at radius 2 is 2.33 bits per heavy atom. The van der Waals surface area contributed by atoms with Gasteiger partial charge in [0.05, 0.1) is 16.7 Å². The molecule has 3 heterocycles. The highest BCUT2D eigenvalue weighted by molar-refractivity contribution is 6.11. The average molecular weight is 248 g/mol. The highest BCUT2D eigenvalue weighted by Crippen LogP contribution is 2.35. The minimum atomic E-state index is -2.88. The smallest absolute Gasteiger partial charge is 0.259 e. The molecule has 90 valence electrons. The first-order valence-electron chi connectivity index (χ1n) is 8.96. The molecule has 1 amide bonds. The first-order valence-corrected chi connectivity index (χ1v) is 5.01. The van der Waals surface area contributed by atoms with Gasteiger partial charge in [0, 0.05) is 23.5 Å². The summed E-state index contributed by atoms with van der Waals surface area (Å²) in [5, 5.41) is 0.239. The highest BCUT2D eigenvalue weighted by atomic mass is 16.1. The summed E-state index contributed by atoms with van der Waals surface area (Å²) < 4.78 is 62.4. The van der Waals surface area contributed by atoms with Crippen LogP contribution >= 0.6 is 0 Å². The lowest BCUT2D eigenvalue weighted by atomic mass is 10.2. The number of carbonyl (C=O) groups excluding carboxylic acids is 1. The van der Waals surface area contributed by atoms with E-state index in [9.17, 15) is 4.79 Å². The van der Waals surface area contributed by atoms with Crippen molar-refractivity contribution in [1.29, 1.82) is 0 Å². The lowest BCUT2D eigenvalue weighted by Gasteiger charge is -2.18. The average Bonchev–Trinajstić information content (AvgIpc) is 2.62. The number of hydrogen-bond acceptors (Lipinski definition) is 4. The van der Waals surface area contributed by atoms with Crippen molar-refractivity contribution < 1.29 is 15.8 Å². The van der Waals surface area contributed by atoms with Gasteiger partial charge in [-0.25, -0.2) is 9.97 Å². The molecule has 0 atom stereocenters. The van der Waals surface area contributed by atoms with Crippen molar-refractivity contribution in [3.05, 3.63) is 41.6 Å². The summed E-state index contributed by atoms with van der Waals surface area (Å²) in [6.07, 6.45) is 0.421. The van der Waals surface area contributed by atoms with Gasteiger partial charge >= 0.3 is 0 Å². The van der Waals surface area contributed by atoms with Crippen LogP contribution in [-0.2, 0) is 0 Å². The number of nitrogens with zero attached hydrogens (tertiary/aromatic N) is 3. The predicted molar refractivity (Wildman–Crippen MR) is 69.2 cm³/mol. The van der Waals surface area contributed by atoms with E-state index < -0.39 is 42.3 Å². The molecule has 2 aromatic heterocycles. The van der Waals surface area contributed by atoms with E-state index in [2.05, 4.69) is 9.97 Å². The summed E-state index contributed by atoms with van der Waals surface area (Å²) in [4.78, 5) is 21.7. The van der Waals surface area contributed by atoms with Crippen molar-refractivity contribution in [2.75, 3.05) is 17.3 Å². The summed E-state index contributed by atoms with van der Waals surface area (Å²) >= 11 is 0. The fourth-order valence-electron chi connectivity index (χ4n) is 1.68. The Bertz CT molecular complexity index is 945. The number of amides is 1. The molecular weight excluding hydrogens is 228 g/mol. The van der Waals surface area contributed by atoms with E-state index in [4.69, 9.17) is 11.0 Å². The van der Waals surface area contributed by atoms with Gasteiger partial charge in [-0.3, -0.25) is 4.79 Å². The third kappa shape index (κ3) is 1.44. The molecule has 18 heavy (non-hydrogen) atoms. The molecule has 3 rings (SSSR count). The zero-order valence-corrected chi connectivity index (χ0v) is 9.27. The van der Waals surface area contributed by atoms with Crippen LogP contribution in [-0.4, -0.2) is 22.9 Å². The molecular formula is C13H12N4O. The van der Waals surface area contributed by atoms with E-state index in [0.717, 1.165) is 6.20 Å². The van der Waals surface area contributed by atoms with Gasteiger partial charge < -0.3 is 10.2 Å². The second-order valence-electron chi connectivity index (χ2n) is 3.60. The Morgan fingerprint density at radius 3 is 3.17 bits per heavy atom. The maximum absolute atomic E-state index is 12.7. The molecule has 5 nitrogen and oxygen atoms in total. The minimum Gasteiger partial charge on any atom is -0.318 e. The summed E-state index contributed by atoms with van der Waals surface area (Å²) in [5.41, 5.74) is -1.49. The lowest BCUT2D eigenvalue weighted by Crippen LogP contribution is -2.14. The summed E-state index contributed by atoms with van der Waals surface area (Å²) in [5.74, 6) is -1.38. The van der Waals surface area contributed by atoms with Crippen LogP contribution in [0.3, 0.4) is 0 Å². The van der Waals surface area contributed by atoms with Crippen LogP contribution in [0.25, 0.3) is 0 Å². The van der Waals surface area contributed by atoms with Gasteiger partial charge in [0.2, 0.25) is 0 Å². The topological polar surface area (TPSA) is 58.1 Å². The number of hydrogen-bond donors (Lipinski definition) is 1. The van der Waals surface area contributed by atoms with Crippen LogP contribution in [0.2, 0.25) is 1.41 Å². The number of pyridine rings is 2. The van der Waals surface area contributed by atoms with E-state index in [1.165, 1.54) is 11.9 Å². The highest BCUT2D eigenvalue weighted by Gasteiger charge is 2.25. The molecule has 0 aromatic carbocycles. The molecule has 0 bridgehead atoms. The number of rotatable bonds is 0. The Labute approximate surface area is 116 Å². The predicted octanol–water partition coefficient (Wildman–Crippen LogP) is 2.12. The SMILES string of the molecule is [2H]c1cnc2c(c1[2H])C(=O)N([2H])c1c(nc([2H])c([2H])c1C([2H])([2H])[2H])N2C. The third-order valence-corrected chi connectivity index (χ3v) is 2.53. The van der Waals surface area contributed by atoms with Crippen molar-refractivity contribution in [1.82, 2.24) is 9.97 Å². The molecule has 5 heteroatoms. The van der Waals surface area contributed by atoms with Crippen molar-refractivity contribution in [2.45, 2.75) is 6.85 Å². The van der Waals surface area contributed by atoms with Crippen molar-refractivity contribution in [3.63, 3.8) is 0 Å². The number of nitrogens with one attached hydrogen (secondary N) is 1. The zero-order valence-electron chi connectivity index (χ0n) is 17.3.